The first-order valence-electron chi connectivity index (χ1n) is 9.62. The molecule has 7 heteroatoms. The second-order valence-electron chi connectivity index (χ2n) is 7.07. The molecule has 4 rings (SSSR count). The predicted octanol–water partition coefficient (Wildman–Crippen LogP) is 2.57. The van der Waals surface area contributed by atoms with Gasteiger partial charge in [0, 0.05) is 37.8 Å². The Bertz CT molecular complexity index is 971. The summed E-state index contributed by atoms with van der Waals surface area (Å²) >= 11 is 0. The molecule has 3 amide bonds. The number of carbonyl (C=O) groups excluding carboxylic acids is 3. The van der Waals surface area contributed by atoms with Crippen LogP contribution in [0.25, 0.3) is 0 Å². The normalized spacial score (nSPS) is 17.6. The quantitative estimate of drug-likeness (QED) is 0.601. The lowest BCUT2D eigenvalue weighted by molar-refractivity contribution is 0.0638. The van der Waals surface area contributed by atoms with Crippen LogP contribution in [0.5, 0.6) is 5.75 Å². The summed E-state index contributed by atoms with van der Waals surface area (Å²) in [4.78, 5) is 39.2. The maximum Gasteiger partial charge on any atom is 0.261 e. The molecular formula is C22H22N2O5. The molecule has 2 aliphatic heterocycles. The van der Waals surface area contributed by atoms with E-state index in [-0.39, 0.29) is 29.3 Å². The van der Waals surface area contributed by atoms with Gasteiger partial charge in [-0.1, -0.05) is 18.2 Å². The average Bonchev–Trinajstić information content (AvgIpc) is 2.98. The van der Waals surface area contributed by atoms with Crippen molar-refractivity contribution in [3.63, 3.8) is 0 Å². The fourth-order valence-electron chi connectivity index (χ4n) is 3.74. The first-order chi connectivity index (χ1) is 14.1. The molecule has 150 valence electrons. The van der Waals surface area contributed by atoms with Gasteiger partial charge >= 0.3 is 0 Å². The van der Waals surface area contributed by atoms with Crippen LogP contribution < -0.4 is 10.1 Å². The van der Waals surface area contributed by atoms with E-state index < -0.39 is 0 Å². The third-order valence-electron chi connectivity index (χ3n) is 5.23. The molecule has 0 saturated heterocycles. The molecule has 0 aromatic heterocycles. The Hall–Kier alpha value is -3.19. The minimum atomic E-state index is -0.368. The molecule has 2 aromatic rings. The van der Waals surface area contributed by atoms with Gasteiger partial charge in [0.15, 0.2) is 0 Å². The fraction of sp³-hybridized carbons (Fsp3) is 0.318. The third-order valence-corrected chi connectivity index (χ3v) is 5.23. The van der Waals surface area contributed by atoms with E-state index in [0.29, 0.717) is 43.7 Å². The largest absolute Gasteiger partial charge is 0.493 e. The summed E-state index contributed by atoms with van der Waals surface area (Å²) in [5, 5.41) is 3.02. The maximum atomic E-state index is 12.8. The Balaban J connectivity index is 1.51. The van der Waals surface area contributed by atoms with Gasteiger partial charge in [-0.05, 0) is 30.7 Å². The zero-order chi connectivity index (χ0) is 20.4. The number of ether oxygens (including phenoxy) is 2. The van der Waals surface area contributed by atoms with Crippen molar-refractivity contribution in [2.75, 3.05) is 26.9 Å². The number of hydrogen-bond acceptors (Lipinski definition) is 5. The number of nitrogens with one attached hydrogen (secondary N) is 1. The highest BCUT2D eigenvalue weighted by Crippen LogP contribution is 2.32. The lowest BCUT2D eigenvalue weighted by Crippen LogP contribution is -2.32. The standard InChI is InChI=1S/C22H22N2O5/c1-28-11-4-10-24-21(26)15-8-7-14(13-17(15)22(24)27)20(25)23-18-9-12-29-19-6-3-2-5-16(18)19/h2-3,5-8,13,18H,4,9-12H2,1H3,(H,23,25). The second kappa shape index (κ2) is 8.05. The number of hydrogen-bond donors (Lipinski definition) is 1. The summed E-state index contributed by atoms with van der Waals surface area (Å²) < 4.78 is 10.6. The van der Waals surface area contributed by atoms with Crippen molar-refractivity contribution in [3.05, 3.63) is 64.7 Å². The van der Waals surface area contributed by atoms with Crippen LogP contribution in [0.1, 0.15) is 55.5 Å². The van der Waals surface area contributed by atoms with Crippen LogP contribution in [0.15, 0.2) is 42.5 Å². The number of methoxy groups -OCH3 is 1. The number of rotatable bonds is 6. The van der Waals surface area contributed by atoms with E-state index in [1.807, 2.05) is 24.3 Å². The maximum absolute atomic E-state index is 12.8. The van der Waals surface area contributed by atoms with E-state index in [2.05, 4.69) is 5.32 Å². The van der Waals surface area contributed by atoms with Gasteiger partial charge < -0.3 is 14.8 Å². The number of amides is 3. The molecular weight excluding hydrogens is 372 g/mol. The first-order valence-corrected chi connectivity index (χ1v) is 9.62. The first kappa shape index (κ1) is 19.1. The number of fused-ring (bicyclic) bond motifs is 2. The van der Waals surface area contributed by atoms with E-state index in [1.165, 1.54) is 11.0 Å². The van der Waals surface area contributed by atoms with Crippen molar-refractivity contribution < 1.29 is 23.9 Å². The van der Waals surface area contributed by atoms with Crippen LogP contribution in [0.4, 0.5) is 0 Å². The van der Waals surface area contributed by atoms with Crippen LogP contribution in [-0.4, -0.2) is 49.5 Å². The van der Waals surface area contributed by atoms with E-state index in [4.69, 9.17) is 9.47 Å². The van der Waals surface area contributed by atoms with E-state index in [0.717, 1.165) is 11.3 Å². The van der Waals surface area contributed by atoms with Gasteiger partial charge in [0.25, 0.3) is 17.7 Å². The highest BCUT2D eigenvalue weighted by atomic mass is 16.5. The van der Waals surface area contributed by atoms with Crippen molar-refractivity contribution in [1.29, 1.82) is 0 Å². The van der Waals surface area contributed by atoms with Crippen LogP contribution in [-0.2, 0) is 4.74 Å². The average molecular weight is 394 g/mol. The van der Waals surface area contributed by atoms with E-state index in [1.54, 1.807) is 19.2 Å². The van der Waals surface area contributed by atoms with Crippen LogP contribution in [0.3, 0.4) is 0 Å². The molecule has 0 spiro atoms. The van der Waals surface area contributed by atoms with Crippen LogP contribution in [0.2, 0.25) is 0 Å². The number of para-hydroxylation sites is 1. The highest BCUT2D eigenvalue weighted by Gasteiger charge is 2.35. The predicted molar refractivity (Wildman–Crippen MR) is 105 cm³/mol. The van der Waals surface area contributed by atoms with Gasteiger partial charge in [-0.25, -0.2) is 0 Å². The molecule has 2 aliphatic rings. The smallest absolute Gasteiger partial charge is 0.261 e. The topological polar surface area (TPSA) is 84.9 Å². The molecule has 7 nitrogen and oxygen atoms in total. The Labute approximate surface area is 168 Å². The van der Waals surface area contributed by atoms with Crippen molar-refractivity contribution in [3.8, 4) is 5.75 Å². The number of nitrogens with zero attached hydrogens (tertiary/aromatic N) is 1. The van der Waals surface area contributed by atoms with Gasteiger partial charge in [-0.2, -0.15) is 0 Å². The molecule has 1 unspecified atom stereocenters. The summed E-state index contributed by atoms with van der Waals surface area (Å²) in [7, 11) is 1.57. The molecule has 1 atom stereocenters. The zero-order valence-electron chi connectivity index (χ0n) is 16.1. The molecule has 0 radical (unpaired) electrons. The summed E-state index contributed by atoms with van der Waals surface area (Å²) in [6.07, 6.45) is 1.23. The van der Waals surface area contributed by atoms with Gasteiger partial charge in [0.1, 0.15) is 5.75 Å². The SMILES string of the molecule is COCCCN1C(=O)c2ccc(C(=O)NC3CCOc4ccccc43)cc2C1=O. The molecule has 1 N–H and O–H groups in total. The minimum absolute atomic E-state index is 0.163. The van der Waals surface area contributed by atoms with E-state index >= 15 is 0 Å². The molecule has 2 heterocycles. The van der Waals surface area contributed by atoms with Crippen molar-refractivity contribution >= 4 is 17.7 Å². The molecule has 29 heavy (non-hydrogen) atoms. The Kier molecular flexibility index (Phi) is 5.31. The monoisotopic (exact) mass is 394 g/mol. The van der Waals surface area contributed by atoms with Crippen LogP contribution >= 0.6 is 0 Å². The van der Waals surface area contributed by atoms with Crippen LogP contribution in [0, 0.1) is 0 Å². The van der Waals surface area contributed by atoms with Gasteiger partial charge in [-0.15, -0.1) is 0 Å². The summed E-state index contributed by atoms with van der Waals surface area (Å²) in [6, 6.07) is 12.1. The summed E-state index contributed by atoms with van der Waals surface area (Å²) in [6.45, 7) is 1.28. The Morgan fingerprint density at radius 1 is 1.17 bits per heavy atom. The van der Waals surface area contributed by atoms with Crippen molar-refractivity contribution in [1.82, 2.24) is 10.2 Å². The summed E-state index contributed by atoms with van der Waals surface area (Å²) in [5.41, 5.74) is 1.89. The molecule has 2 aromatic carbocycles. The minimum Gasteiger partial charge on any atom is -0.493 e. The lowest BCUT2D eigenvalue weighted by Gasteiger charge is -2.26. The van der Waals surface area contributed by atoms with Crippen molar-refractivity contribution in [2.24, 2.45) is 0 Å². The van der Waals surface area contributed by atoms with E-state index in [9.17, 15) is 14.4 Å². The third kappa shape index (κ3) is 3.61. The Morgan fingerprint density at radius 3 is 2.79 bits per heavy atom. The highest BCUT2D eigenvalue weighted by molar-refractivity contribution is 6.22. The molecule has 0 bridgehead atoms. The summed E-state index contributed by atoms with van der Waals surface area (Å²) in [5.74, 6) is -0.211. The van der Waals surface area contributed by atoms with Gasteiger partial charge in [0.05, 0.1) is 23.8 Å². The number of carbonyl (C=O) groups is 3. The second-order valence-corrected chi connectivity index (χ2v) is 7.07. The molecule has 0 saturated carbocycles. The number of imide groups is 1. The molecule has 0 fully saturated rings. The zero-order valence-corrected chi connectivity index (χ0v) is 16.1. The van der Waals surface area contributed by atoms with Gasteiger partial charge in [-0.3, -0.25) is 19.3 Å². The Morgan fingerprint density at radius 2 is 1.97 bits per heavy atom. The number of benzene rings is 2. The van der Waals surface area contributed by atoms with Gasteiger partial charge in [0.2, 0.25) is 0 Å². The lowest BCUT2D eigenvalue weighted by atomic mass is 9.99. The van der Waals surface area contributed by atoms with Crippen molar-refractivity contribution in [2.45, 2.75) is 18.9 Å². The fourth-order valence-corrected chi connectivity index (χ4v) is 3.74. The molecule has 0 aliphatic carbocycles.